The van der Waals surface area contributed by atoms with E-state index in [1.165, 1.54) is 0 Å². The number of anilines is 1. The lowest BCUT2D eigenvalue weighted by molar-refractivity contribution is 1.32. The molecule has 0 bridgehead atoms. The highest BCUT2D eigenvalue weighted by Gasteiger charge is 2.07. The van der Waals surface area contributed by atoms with Gasteiger partial charge >= 0.3 is 0 Å². The van der Waals surface area contributed by atoms with Crippen LogP contribution in [0.1, 0.15) is 0 Å². The van der Waals surface area contributed by atoms with Crippen LogP contribution in [0.4, 0.5) is 5.69 Å². The van der Waals surface area contributed by atoms with E-state index in [1.54, 1.807) is 24.3 Å². The third kappa shape index (κ3) is 2.31. The summed E-state index contributed by atoms with van der Waals surface area (Å²) in [4.78, 5) is 1.13. The Morgan fingerprint density at radius 3 is 2.77 bits per heavy atom. The summed E-state index contributed by atoms with van der Waals surface area (Å²) in [5.41, 5.74) is 5.89. The van der Waals surface area contributed by atoms with Crippen LogP contribution in [0.2, 0.25) is 5.02 Å². The molecule has 0 saturated heterocycles. The predicted molar refractivity (Wildman–Crippen MR) is 56.3 cm³/mol. The van der Waals surface area contributed by atoms with Gasteiger partial charge in [-0.2, -0.15) is 5.26 Å². The number of hydrogen-bond acceptors (Lipinski definition) is 2. The van der Waals surface area contributed by atoms with Gasteiger partial charge in [-0.3, -0.25) is 0 Å². The number of hydrogen-bond donors (Lipinski definition) is 1. The lowest BCUT2D eigenvalue weighted by atomic mass is 10.3. The molecule has 0 aliphatic heterocycles. The Kier molecular flexibility index (Phi) is 3.07. The molecule has 0 heterocycles. The van der Waals surface area contributed by atoms with Crippen molar-refractivity contribution in [3.05, 3.63) is 29.3 Å². The van der Waals surface area contributed by atoms with Crippen molar-refractivity contribution in [2.24, 2.45) is 5.73 Å². The molecular formula is C8H6ClN3S. The summed E-state index contributed by atoms with van der Waals surface area (Å²) in [5.74, 6) is 0. The Labute approximate surface area is 86.3 Å². The minimum atomic E-state index is 0.00441. The maximum Gasteiger partial charge on any atom is 0.191 e. The highest BCUT2D eigenvalue weighted by atomic mass is 35.5. The molecule has 3 nitrogen and oxygen atoms in total. The predicted octanol–water partition coefficient (Wildman–Crippen LogP) is 1.87. The van der Waals surface area contributed by atoms with Crippen molar-refractivity contribution in [2.45, 2.75) is 0 Å². The smallest absolute Gasteiger partial charge is 0.191 e. The van der Waals surface area contributed by atoms with E-state index in [-0.39, 0.29) is 5.11 Å². The van der Waals surface area contributed by atoms with Gasteiger partial charge in [0.2, 0.25) is 0 Å². The standard InChI is InChI=1S/C8H6ClN3S/c9-6-2-1-3-7(4-6)12(5-10)8(11)13/h1-4H,(H2,11,13). The van der Waals surface area contributed by atoms with E-state index in [1.807, 2.05) is 6.19 Å². The van der Waals surface area contributed by atoms with Gasteiger partial charge in [-0.15, -0.1) is 0 Å². The van der Waals surface area contributed by atoms with Gasteiger partial charge in [-0.1, -0.05) is 17.7 Å². The number of nitriles is 1. The van der Waals surface area contributed by atoms with Gasteiger partial charge in [0.15, 0.2) is 11.3 Å². The maximum atomic E-state index is 8.71. The van der Waals surface area contributed by atoms with E-state index in [2.05, 4.69) is 12.2 Å². The first-order chi connectivity index (χ1) is 6.15. The summed E-state index contributed by atoms with van der Waals surface area (Å²) in [6, 6.07) is 6.75. The molecule has 0 amide bonds. The summed E-state index contributed by atoms with van der Waals surface area (Å²) in [6.07, 6.45) is 1.85. The van der Waals surface area contributed by atoms with Gasteiger partial charge < -0.3 is 5.73 Å². The molecule has 0 radical (unpaired) electrons. The molecule has 0 aromatic heterocycles. The molecule has 0 aliphatic rings. The molecular weight excluding hydrogens is 206 g/mol. The SMILES string of the molecule is N#CN(C(N)=S)c1cccc(Cl)c1. The van der Waals surface area contributed by atoms with Crippen LogP contribution in [0.3, 0.4) is 0 Å². The minimum absolute atomic E-state index is 0.00441. The van der Waals surface area contributed by atoms with E-state index in [0.717, 1.165) is 4.90 Å². The quantitative estimate of drug-likeness (QED) is 0.438. The van der Waals surface area contributed by atoms with Gasteiger partial charge in [0.1, 0.15) is 0 Å². The minimum Gasteiger partial charge on any atom is -0.375 e. The fraction of sp³-hybridized carbons (Fsp3) is 0. The van der Waals surface area contributed by atoms with Crippen molar-refractivity contribution in [1.82, 2.24) is 0 Å². The summed E-state index contributed by atoms with van der Waals surface area (Å²) < 4.78 is 0. The summed E-state index contributed by atoms with van der Waals surface area (Å²) in [6.45, 7) is 0. The Morgan fingerprint density at radius 2 is 2.31 bits per heavy atom. The summed E-state index contributed by atoms with van der Waals surface area (Å²) >= 11 is 10.4. The Hall–Kier alpha value is -1.31. The maximum absolute atomic E-state index is 8.71. The van der Waals surface area contributed by atoms with Crippen molar-refractivity contribution in [2.75, 3.05) is 4.90 Å². The van der Waals surface area contributed by atoms with E-state index in [4.69, 9.17) is 22.6 Å². The average Bonchev–Trinajstić information content (AvgIpc) is 2.04. The van der Waals surface area contributed by atoms with Crippen LogP contribution in [-0.4, -0.2) is 5.11 Å². The van der Waals surface area contributed by atoms with Crippen LogP contribution < -0.4 is 10.6 Å². The molecule has 1 rings (SSSR count). The Balaban J connectivity index is 3.07. The molecule has 0 atom stereocenters. The Bertz CT molecular complexity index is 372. The fourth-order valence-electron chi connectivity index (χ4n) is 0.849. The monoisotopic (exact) mass is 211 g/mol. The molecule has 1 aromatic carbocycles. The topological polar surface area (TPSA) is 53.0 Å². The van der Waals surface area contributed by atoms with Crippen molar-refractivity contribution in [3.63, 3.8) is 0 Å². The number of rotatable bonds is 1. The van der Waals surface area contributed by atoms with Crippen LogP contribution in [0, 0.1) is 11.5 Å². The second-order valence-corrected chi connectivity index (χ2v) is 3.11. The molecule has 1 aromatic rings. The van der Waals surface area contributed by atoms with Gasteiger partial charge in [0, 0.05) is 5.02 Å². The number of benzene rings is 1. The van der Waals surface area contributed by atoms with E-state index in [0.29, 0.717) is 10.7 Å². The van der Waals surface area contributed by atoms with Crippen LogP contribution >= 0.6 is 23.8 Å². The van der Waals surface area contributed by atoms with Crippen molar-refractivity contribution in [1.29, 1.82) is 5.26 Å². The summed E-state index contributed by atoms with van der Waals surface area (Å²) in [5, 5.41) is 9.25. The van der Waals surface area contributed by atoms with Crippen molar-refractivity contribution < 1.29 is 0 Å². The molecule has 0 saturated carbocycles. The highest BCUT2D eigenvalue weighted by molar-refractivity contribution is 7.80. The molecule has 0 fully saturated rings. The van der Waals surface area contributed by atoms with Crippen molar-refractivity contribution in [3.8, 4) is 6.19 Å². The Morgan fingerprint density at radius 1 is 1.62 bits per heavy atom. The lowest BCUT2D eigenvalue weighted by Gasteiger charge is -2.12. The molecule has 5 heteroatoms. The highest BCUT2D eigenvalue weighted by Crippen LogP contribution is 2.18. The van der Waals surface area contributed by atoms with Crippen LogP contribution in [0.15, 0.2) is 24.3 Å². The molecule has 0 unspecified atom stereocenters. The second kappa shape index (κ2) is 4.08. The van der Waals surface area contributed by atoms with E-state index >= 15 is 0 Å². The van der Waals surface area contributed by atoms with Crippen LogP contribution in [0.5, 0.6) is 0 Å². The number of thiocarbonyl (C=S) groups is 1. The number of halogens is 1. The first-order valence-electron chi connectivity index (χ1n) is 3.40. The molecule has 0 spiro atoms. The average molecular weight is 212 g/mol. The zero-order chi connectivity index (χ0) is 9.84. The first-order valence-corrected chi connectivity index (χ1v) is 4.18. The number of nitrogens with two attached hydrogens (primary N) is 1. The summed E-state index contributed by atoms with van der Waals surface area (Å²) in [7, 11) is 0. The molecule has 0 aliphatic carbocycles. The third-order valence-electron chi connectivity index (χ3n) is 1.39. The van der Waals surface area contributed by atoms with Gasteiger partial charge in [-0.05, 0) is 30.4 Å². The van der Waals surface area contributed by atoms with Crippen LogP contribution in [-0.2, 0) is 0 Å². The number of nitrogens with zero attached hydrogens (tertiary/aromatic N) is 2. The van der Waals surface area contributed by atoms with Gasteiger partial charge in [0.25, 0.3) is 0 Å². The first kappa shape index (κ1) is 9.78. The van der Waals surface area contributed by atoms with Crippen molar-refractivity contribution >= 4 is 34.6 Å². The lowest BCUT2D eigenvalue weighted by Crippen LogP contribution is -2.30. The van der Waals surface area contributed by atoms with E-state index < -0.39 is 0 Å². The zero-order valence-electron chi connectivity index (χ0n) is 6.57. The fourth-order valence-corrected chi connectivity index (χ4v) is 1.18. The van der Waals surface area contributed by atoms with Gasteiger partial charge in [-0.25, -0.2) is 4.90 Å². The molecule has 66 valence electrons. The largest absolute Gasteiger partial charge is 0.375 e. The second-order valence-electron chi connectivity index (χ2n) is 2.25. The van der Waals surface area contributed by atoms with Crippen LogP contribution in [0.25, 0.3) is 0 Å². The molecule has 2 N–H and O–H groups in total. The zero-order valence-corrected chi connectivity index (χ0v) is 8.14. The van der Waals surface area contributed by atoms with Gasteiger partial charge in [0.05, 0.1) is 5.69 Å². The normalized spacial score (nSPS) is 8.92. The van der Waals surface area contributed by atoms with E-state index in [9.17, 15) is 0 Å². The third-order valence-corrected chi connectivity index (χ3v) is 1.80. The molecule has 13 heavy (non-hydrogen) atoms.